The number of anilines is 1. The third kappa shape index (κ3) is 1.50. The number of nitrogens with zero attached hydrogens (tertiary/aromatic N) is 3. The molecule has 0 saturated carbocycles. The van der Waals surface area contributed by atoms with E-state index >= 15 is 0 Å². The van der Waals surface area contributed by atoms with Gasteiger partial charge in [0.05, 0.1) is 0 Å². The van der Waals surface area contributed by atoms with Crippen LogP contribution in [0.2, 0.25) is 0 Å². The Kier molecular flexibility index (Phi) is 2.46. The van der Waals surface area contributed by atoms with Gasteiger partial charge < -0.3 is 9.88 Å². The van der Waals surface area contributed by atoms with Crippen molar-refractivity contribution in [1.82, 2.24) is 14.8 Å². The van der Waals surface area contributed by atoms with Gasteiger partial charge >= 0.3 is 0 Å². The van der Waals surface area contributed by atoms with Crippen LogP contribution < -0.4 is 5.32 Å². The second-order valence-electron chi connectivity index (χ2n) is 2.50. The van der Waals surface area contributed by atoms with E-state index in [0.29, 0.717) is 0 Å². The van der Waals surface area contributed by atoms with Crippen LogP contribution in [0, 0.1) is 0 Å². The van der Waals surface area contributed by atoms with Crippen molar-refractivity contribution in [2.45, 2.75) is 19.8 Å². The third-order valence-electron chi connectivity index (χ3n) is 1.66. The minimum Gasteiger partial charge on any atom is -0.357 e. The Morgan fingerprint density at radius 1 is 1.45 bits per heavy atom. The molecule has 1 heterocycles. The Labute approximate surface area is 66.6 Å². The van der Waals surface area contributed by atoms with Crippen LogP contribution >= 0.6 is 0 Å². The molecule has 0 aliphatic carbocycles. The van der Waals surface area contributed by atoms with Gasteiger partial charge in [0.15, 0.2) is 0 Å². The molecule has 1 aromatic rings. The molecule has 4 heteroatoms. The quantitative estimate of drug-likeness (QED) is 0.700. The van der Waals surface area contributed by atoms with Crippen molar-refractivity contribution in [3.05, 3.63) is 5.82 Å². The maximum Gasteiger partial charge on any atom is 0.224 e. The lowest BCUT2D eigenvalue weighted by atomic mass is 10.3. The molecule has 62 valence electrons. The molecule has 0 radical (unpaired) electrons. The summed E-state index contributed by atoms with van der Waals surface area (Å²) in [6.45, 7) is 2.13. The van der Waals surface area contributed by atoms with E-state index in [4.69, 9.17) is 0 Å². The average molecular weight is 154 g/mol. The SMILES string of the molecule is CCCc1nnc(NC)n1C. The van der Waals surface area contributed by atoms with Crippen LogP contribution in [0.5, 0.6) is 0 Å². The fourth-order valence-electron chi connectivity index (χ4n) is 1.02. The summed E-state index contributed by atoms with van der Waals surface area (Å²) in [7, 11) is 3.82. The molecule has 0 aromatic carbocycles. The summed E-state index contributed by atoms with van der Waals surface area (Å²) < 4.78 is 1.98. The summed E-state index contributed by atoms with van der Waals surface area (Å²) in [5, 5.41) is 10.9. The molecular weight excluding hydrogens is 140 g/mol. The lowest BCUT2D eigenvalue weighted by molar-refractivity contribution is 0.760. The van der Waals surface area contributed by atoms with Gasteiger partial charge in [0.1, 0.15) is 5.82 Å². The minimum absolute atomic E-state index is 0.827. The standard InChI is InChI=1S/C7H14N4/c1-4-5-6-9-10-7(8-2)11(6)3/h4-5H2,1-3H3,(H,8,10). The number of aromatic nitrogens is 3. The van der Waals surface area contributed by atoms with Crippen LogP contribution in [0.1, 0.15) is 19.2 Å². The molecular formula is C7H14N4. The van der Waals surface area contributed by atoms with Gasteiger partial charge in [0, 0.05) is 20.5 Å². The average Bonchev–Trinajstić information content (AvgIpc) is 2.34. The Morgan fingerprint density at radius 3 is 2.64 bits per heavy atom. The van der Waals surface area contributed by atoms with Gasteiger partial charge in [-0.05, 0) is 6.42 Å². The van der Waals surface area contributed by atoms with Crippen molar-refractivity contribution >= 4 is 5.95 Å². The van der Waals surface area contributed by atoms with E-state index in [1.165, 1.54) is 0 Å². The molecule has 1 aromatic heterocycles. The van der Waals surface area contributed by atoms with Gasteiger partial charge in [-0.15, -0.1) is 10.2 Å². The van der Waals surface area contributed by atoms with E-state index < -0.39 is 0 Å². The highest BCUT2D eigenvalue weighted by molar-refractivity contribution is 5.23. The van der Waals surface area contributed by atoms with E-state index in [9.17, 15) is 0 Å². The number of rotatable bonds is 3. The topological polar surface area (TPSA) is 42.7 Å². The first-order chi connectivity index (χ1) is 5.29. The highest BCUT2D eigenvalue weighted by atomic mass is 15.3. The molecule has 1 rings (SSSR count). The summed E-state index contributed by atoms with van der Waals surface area (Å²) in [4.78, 5) is 0. The molecule has 0 amide bonds. The van der Waals surface area contributed by atoms with Crippen LogP contribution in [-0.4, -0.2) is 21.8 Å². The molecule has 0 bridgehead atoms. The zero-order chi connectivity index (χ0) is 8.27. The van der Waals surface area contributed by atoms with Crippen molar-refractivity contribution in [3.8, 4) is 0 Å². The van der Waals surface area contributed by atoms with Gasteiger partial charge in [-0.3, -0.25) is 0 Å². The fraction of sp³-hybridized carbons (Fsp3) is 0.714. The van der Waals surface area contributed by atoms with Gasteiger partial charge in [-0.2, -0.15) is 0 Å². The van der Waals surface area contributed by atoms with Gasteiger partial charge in [-0.1, -0.05) is 6.92 Å². The van der Waals surface area contributed by atoms with Gasteiger partial charge in [0.25, 0.3) is 0 Å². The highest BCUT2D eigenvalue weighted by Gasteiger charge is 2.04. The zero-order valence-corrected chi connectivity index (χ0v) is 7.26. The summed E-state index contributed by atoms with van der Waals surface area (Å²) in [5.74, 6) is 1.87. The molecule has 1 N–H and O–H groups in total. The monoisotopic (exact) mass is 154 g/mol. The lowest BCUT2D eigenvalue weighted by Gasteiger charge is -2.00. The third-order valence-corrected chi connectivity index (χ3v) is 1.66. The van der Waals surface area contributed by atoms with Gasteiger partial charge in [-0.25, -0.2) is 0 Å². The summed E-state index contributed by atoms with van der Waals surface area (Å²) in [6.07, 6.45) is 2.10. The number of hydrogen-bond donors (Lipinski definition) is 1. The Morgan fingerprint density at radius 2 is 2.18 bits per heavy atom. The van der Waals surface area contributed by atoms with E-state index in [2.05, 4.69) is 22.4 Å². The summed E-state index contributed by atoms with van der Waals surface area (Å²) in [5.41, 5.74) is 0. The maximum absolute atomic E-state index is 4.03. The lowest BCUT2D eigenvalue weighted by Crippen LogP contribution is -2.01. The predicted molar refractivity (Wildman–Crippen MR) is 44.5 cm³/mol. The van der Waals surface area contributed by atoms with Crippen LogP contribution in [0.3, 0.4) is 0 Å². The Hall–Kier alpha value is -1.06. The molecule has 0 spiro atoms. The van der Waals surface area contributed by atoms with Crippen molar-refractivity contribution < 1.29 is 0 Å². The first-order valence-corrected chi connectivity index (χ1v) is 3.85. The second-order valence-corrected chi connectivity index (χ2v) is 2.50. The second kappa shape index (κ2) is 3.37. The minimum atomic E-state index is 0.827. The normalized spacial score (nSPS) is 10.1. The number of aryl methyl sites for hydroxylation is 1. The van der Waals surface area contributed by atoms with Crippen LogP contribution in [0.15, 0.2) is 0 Å². The molecule has 0 unspecified atom stereocenters. The van der Waals surface area contributed by atoms with E-state index in [1.807, 2.05) is 18.7 Å². The van der Waals surface area contributed by atoms with Crippen LogP contribution in [0.25, 0.3) is 0 Å². The summed E-state index contributed by atoms with van der Waals surface area (Å²) in [6, 6.07) is 0. The Balaban J connectivity index is 2.82. The number of nitrogens with one attached hydrogen (secondary N) is 1. The molecule has 0 aliphatic rings. The first kappa shape index (κ1) is 8.04. The van der Waals surface area contributed by atoms with E-state index in [0.717, 1.165) is 24.6 Å². The largest absolute Gasteiger partial charge is 0.357 e. The van der Waals surface area contributed by atoms with E-state index in [1.54, 1.807) is 0 Å². The van der Waals surface area contributed by atoms with Crippen molar-refractivity contribution in [3.63, 3.8) is 0 Å². The zero-order valence-electron chi connectivity index (χ0n) is 7.26. The van der Waals surface area contributed by atoms with Crippen molar-refractivity contribution in [1.29, 1.82) is 0 Å². The predicted octanol–water partition coefficient (Wildman–Crippen LogP) is 0.809. The van der Waals surface area contributed by atoms with Crippen molar-refractivity contribution in [2.24, 2.45) is 7.05 Å². The highest BCUT2D eigenvalue weighted by Crippen LogP contribution is 2.04. The first-order valence-electron chi connectivity index (χ1n) is 3.85. The van der Waals surface area contributed by atoms with Crippen LogP contribution in [0.4, 0.5) is 5.95 Å². The smallest absolute Gasteiger partial charge is 0.224 e. The molecule has 0 saturated heterocycles. The van der Waals surface area contributed by atoms with E-state index in [-0.39, 0.29) is 0 Å². The maximum atomic E-state index is 4.03. The molecule has 0 atom stereocenters. The Bertz CT molecular complexity index is 228. The molecule has 4 nitrogen and oxygen atoms in total. The molecule has 0 fully saturated rings. The van der Waals surface area contributed by atoms with Gasteiger partial charge in [0.2, 0.25) is 5.95 Å². The summed E-state index contributed by atoms with van der Waals surface area (Å²) >= 11 is 0. The fourth-order valence-corrected chi connectivity index (χ4v) is 1.02. The molecule has 11 heavy (non-hydrogen) atoms. The molecule has 0 aliphatic heterocycles. The van der Waals surface area contributed by atoms with Crippen molar-refractivity contribution in [2.75, 3.05) is 12.4 Å². The number of hydrogen-bond acceptors (Lipinski definition) is 3. The van der Waals surface area contributed by atoms with Crippen LogP contribution in [-0.2, 0) is 13.5 Å².